The molecule has 5 nitrogen and oxygen atoms in total. The Morgan fingerprint density at radius 1 is 1.69 bits per heavy atom. The molecule has 0 amide bonds. The Labute approximate surface area is 79.2 Å². The number of hydrogen-bond donors (Lipinski definition) is 2. The van der Waals surface area contributed by atoms with Crippen molar-refractivity contribution in [1.29, 1.82) is 0 Å². The van der Waals surface area contributed by atoms with Gasteiger partial charge in [-0.3, -0.25) is 20.2 Å². The van der Waals surface area contributed by atoms with Gasteiger partial charge in [0.1, 0.15) is 12.6 Å². The van der Waals surface area contributed by atoms with E-state index in [1.165, 1.54) is 6.34 Å². The standard InChI is InChI=1S/C8H18N4O/c1-8(13)12(3)5-4-10-7-11-6-9-2/h6,8,10,13H,2,4-5,7H2,1,3H3/b11-6-. The summed E-state index contributed by atoms with van der Waals surface area (Å²) in [5.41, 5.74) is 0. The minimum absolute atomic E-state index is 0.403. The highest BCUT2D eigenvalue weighted by atomic mass is 16.3. The highest BCUT2D eigenvalue weighted by Crippen LogP contribution is 1.87. The zero-order valence-corrected chi connectivity index (χ0v) is 8.27. The van der Waals surface area contributed by atoms with Crippen molar-refractivity contribution in [2.45, 2.75) is 13.2 Å². The van der Waals surface area contributed by atoms with E-state index in [9.17, 15) is 0 Å². The van der Waals surface area contributed by atoms with Crippen molar-refractivity contribution < 1.29 is 5.11 Å². The molecular weight excluding hydrogens is 168 g/mol. The Kier molecular flexibility index (Phi) is 7.38. The Hall–Kier alpha value is -0.780. The number of rotatable bonds is 7. The first-order chi connectivity index (χ1) is 6.18. The van der Waals surface area contributed by atoms with E-state index in [0.29, 0.717) is 6.67 Å². The van der Waals surface area contributed by atoms with E-state index in [1.807, 2.05) is 11.9 Å². The van der Waals surface area contributed by atoms with Crippen LogP contribution >= 0.6 is 0 Å². The Morgan fingerprint density at radius 2 is 2.38 bits per heavy atom. The van der Waals surface area contributed by atoms with Crippen LogP contribution in [0.5, 0.6) is 0 Å². The molecule has 0 radical (unpaired) electrons. The van der Waals surface area contributed by atoms with Gasteiger partial charge in [-0.25, -0.2) is 0 Å². The minimum atomic E-state index is -0.403. The van der Waals surface area contributed by atoms with Gasteiger partial charge in [-0.1, -0.05) is 0 Å². The Balaban J connectivity index is 3.25. The summed E-state index contributed by atoms with van der Waals surface area (Å²) in [4.78, 5) is 9.19. The third kappa shape index (κ3) is 7.58. The first-order valence-electron chi connectivity index (χ1n) is 4.21. The van der Waals surface area contributed by atoms with Crippen LogP contribution in [0.2, 0.25) is 0 Å². The van der Waals surface area contributed by atoms with Crippen molar-refractivity contribution in [3.63, 3.8) is 0 Å². The molecule has 5 heteroatoms. The molecule has 2 N–H and O–H groups in total. The van der Waals surface area contributed by atoms with Crippen LogP contribution in [0.4, 0.5) is 0 Å². The normalized spacial score (nSPS) is 13.8. The van der Waals surface area contributed by atoms with E-state index in [-0.39, 0.29) is 0 Å². The highest BCUT2D eigenvalue weighted by Gasteiger charge is 2.01. The summed E-state index contributed by atoms with van der Waals surface area (Å²) in [6.07, 6.45) is 1.01. The molecule has 0 aliphatic carbocycles. The average Bonchev–Trinajstić information content (AvgIpc) is 2.10. The van der Waals surface area contributed by atoms with Gasteiger partial charge in [0.15, 0.2) is 0 Å². The quantitative estimate of drug-likeness (QED) is 0.245. The number of aliphatic hydroxyl groups excluding tert-OH is 1. The third-order valence-corrected chi connectivity index (χ3v) is 1.65. The molecule has 0 rings (SSSR count). The predicted octanol–water partition coefficient (Wildman–Crippen LogP) is -0.467. The summed E-state index contributed by atoms with van der Waals surface area (Å²) < 4.78 is 0. The second kappa shape index (κ2) is 7.85. The minimum Gasteiger partial charge on any atom is -0.379 e. The number of aliphatic hydroxyl groups is 1. The summed E-state index contributed by atoms with van der Waals surface area (Å²) in [7, 11) is 1.86. The first kappa shape index (κ1) is 12.2. The first-order valence-corrected chi connectivity index (χ1v) is 4.21. The maximum Gasteiger partial charge on any atom is 0.110 e. The van der Waals surface area contributed by atoms with Gasteiger partial charge in [-0.2, -0.15) is 0 Å². The van der Waals surface area contributed by atoms with Crippen LogP contribution in [-0.2, 0) is 0 Å². The van der Waals surface area contributed by atoms with Crippen LogP contribution in [0.1, 0.15) is 6.92 Å². The fourth-order valence-electron chi connectivity index (χ4n) is 0.684. The molecule has 0 aromatic rings. The number of hydrogen-bond acceptors (Lipinski definition) is 4. The van der Waals surface area contributed by atoms with Gasteiger partial charge in [-0.05, 0) is 20.7 Å². The second-order valence-electron chi connectivity index (χ2n) is 2.75. The largest absolute Gasteiger partial charge is 0.379 e. The van der Waals surface area contributed by atoms with Gasteiger partial charge >= 0.3 is 0 Å². The summed E-state index contributed by atoms with van der Waals surface area (Å²) in [5, 5.41) is 12.2. The zero-order chi connectivity index (χ0) is 10.1. The van der Waals surface area contributed by atoms with Crippen molar-refractivity contribution in [3.05, 3.63) is 0 Å². The van der Waals surface area contributed by atoms with E-state index < -0.39 is 6.23 Å². The number of aliphatic imine (C=N–C) groups is 2. The second-order valence-corrected chi connectivity index (χ2v) is 2.75. The van der Waals surface area contributed by atoms with Crippen molar-refractivity contribution >= 4 is 13.1 Å². The Bertz CT molecular complexity index is 158. The van der Waals surface area contributed by atoms with Gasteiger partial charge in [0, 0.05) is 13.1 Å². The molecular formula is C8H18N4O. The zero-order valence-electron chi connectivity index (χ0n) is 8.27. The fourth-order valence-corrected chi connectivity index (χ4v) is 0.684. The average molecular weight is 186 g/mol. The fraction of sp³-hybridized carbons (Fsp3) is 0.750. The summed E-state index contributed by atoms with van der Waals surface area (Å²) in [5.74, 6) is 0. The van der Waals surface area contributed by atoms with Gasteiger partial charge in [0.05, 0.1) is 6.67 Å². The molecule has 0 spiro atoms. The summed E-state index contributed by atoms with van der Waals surface area (Å²) >= 11 is 0. The topological polar surface area (TPSA) is 60.2 Å². The highest BCUT2D eigenvalue weighted by molar-refractivity contribution is 5.61. The SMILES string of the molecule is C=N/C=N\CNCCN(C)C(C)O. The third-order valence-electron chi connectivity index (χ3n) is 1.65. The van der Waals surface area contributed by atoms with Gasteiger partial charge in [-0.15, -0.1) is 0 Å². The van der Waals surface area contributed by atoms with Crippen LogP contribution in [0, 0.1) is 0 Å². The molecule has 0 saturated heterocycles. The Morgan fingerprint density at radius 3 is 2.92 bits per heavy atom. The molecule has 0 fully saturated rings. The lowest BCUT2D eigenvalue weighted by Crippen LogP contribution is -2.35. The molecule has 0 bridgehead atoms. The van der Waals surface area contributed by atoms with E-state index in [4.69, 9.17) is 5.11 Å². The molecule has 0 saturated carbocycles. The maximum atomic E-state index is 9.11. The van der Waals surface area contributed by atoms with Crippen molar-refractivity contribution in [3.8, 4) is 0 Å². The van der Waals surface area contributed by atoms with Crippen molar-refractivity contribution in [2.24, 2.45) is 9.98 Å². The van der Waals surface area contributed by atoms with E-state index >= 15 is 0 Å². The molecule has 0 heterocycles. The number of nitrogens with one attached hydrogen (secondary N) is 1. The molecule has 76 valence electrons. The van der Waals surface area contributed by atoms with E-state index in [1.54, 1.807) is 6.92 Å². The van der Waals surface area contributed by atoms with Crippen LogP contribution in [-0.4, -0.2) is 56.1 Å². The lowest BCUT2D eigenvalue weighted by atomic mass is 10.5. The van der Waals surface area contributed by atoms with Crippen LogP contribution in [0.3, 0.4) is 0 Å². The number of nitrogens with zero attached hydrogens (tertiary/aromatic N) is 3. The predicted molar refractivity (Wildman–Crippen MR) is 55.2 cm³/mol. The van der Waals surface area contributed by atoms with Crippen LogP contribution < -0.4 is 5.32 Å². The van der Waals surface area contributed by atoms with Crippen molar-refractivity contribution in [1.82, 2.24) is 10.2 Å². The lowest BCUT2D eigenvalue weighted by molar-refractivity contribution is 0.0394. The molecule has 1 atom stereocenters. The van der Waals surface area contributed by atoms with Gasteiger partial charge in [0.2, 0.25) is 0 Å². The molecule has 13 heavy (non-hydrogen) atoms. The lowest BCUT2D eigenvalue weighted by Gasteiger charge is -2.19. The maximum absolute atomic E-state index is 9.11. The van der Waals surface area contributed by atoms with Crippen LogP contribution in [0.15, 0.2) is 9.98 Å². The smallest absolute Gasteiger partial charge is 0.110 e. The molecule has 0 aliphatic rings. The van der Waals surface area contributed by atoms with Gasteiger partial charge in [0.25, 0.3) is 0 Å². The monoisotopic (exact) mass is 186 g/mol. The molecule has 0 aliphatic heterocycles. The van der Waals surface area contributed by atoms with Crippen LogP contribution in [0.25, 0.3) is 0 Å². The summed E-state index contributed by atoms with van der Waals surface area (Å²) in [6.45, 7) is 7.11. The molecule has 1 unspecified atom stereocenters. The summed E-state index contributed by atoms with van der Waals surface area (Å²) in [6, 6.07) is 0. The van der Waals surface area contributed by atoms with Gasteiger partial charge < -0.3 is 5.11 Å². The molecule has 0 aromatic carbocycles. The van der Waals surface area contributed by atoms with Crippen molar-refractivity contribution in [2.75, 3.05) is 26.8 Å². The molecule has 0 aromatic heterocycles. The van der Waals surface area contributed by atoms with E-state index in [2.05, 4.69) is 22.0 Å². The number of likely N-dealkylation sites (N-methyl/N-ethyl adjacent to an activating group) is 1. The van der Waals surface area contributed by atoms with E-state index in [0.717, 1.165) is 13.1 Å².